The minimum atomic E-state index is -3.96. The second-order valence-electron chi connectivity index (χ2n) is 12.1. The Morgan fingerprint density at radius 2 is 1.83 bits per heavy atom. The van der Waals surface area contributed by atoms with E-state index in [0.717, 1.165) is 31.4 Å². The van der Waals surface area contributed by atoms with Gasteiger partial charge in [-0.15, -0.1) is 0 Å². The van der Waals surface area contributed by atoms with Gasteiger partial charge >= 0.3 is 0 Å². The summed E-state index contributed by atoms with van der Waals surface area (Å²) in [7, 11) is -1.91. The van der Waals surface area contributed by atoms with Gasteiger partial charge in [0, 0.05) is 55.3 Å². The number of benzene rings is 2. The molecule has 2 heterocycles. The lowest BCUT2D eigenvalue weighted by Crippen LogP contribution is -2.47. The van der Waals surface area contributed by atoms with Gasteiger partial charge in [-0.1, -0.05) is 18.5 Å². The molecule has 1 aromatic heterocycles. The van der Waals surface area contributed by atoms with E-state index >= 15 is 0 Å². The van der Waals surface area contributed by atoms with E-state index in [0.29, 0.717) is 30.5 Å². The fraction of sp³-hybridized carbons (Fsp3) is 0.471. The Balaban J connectivity index is 1.64. The second-order valence-corrected chi connectivity index (χ2v) is 14.2. The van der Waals surface area contributed by atoms with Crippen molar-refractivity contribution >= 4 is 33.2 Å². The predicted octanol–water partition coefficient (Wildman–Crippen LogP) is 5.46. The van der Waals surface area contributed by atoms with Crippen LogP contribution in [-0.4, -0.2) is 85.8 Å². The number of carbonyl (C=O) groups excluding carboxylic acids is 1. The molecule has 2 aromatic carbocycles. The average molecular weight is 673 g/mol. The number of ether oxygens (including phenoxy) is 2. The van der Waals surface area contributed by atoms with Crippen LogP contribution in [0.2, 0.25) is 5.02 Å². The number of aliphatic hydroxyl groups is 1. The molecule has 2 N–H and O–H groups in total. The Hall–Kier alpha value is -3.22. The van der Waals surface area contributed by atoms with Crippen LogP contribution in [0.1, 0.15) is 56.0 Å². The number of anilines is 1. The molecule has 46 heavy (non-hydrogen) atoms. The Morgan fingerprint density at radius 3 is 2.52 bits per heavy atom. The van der Waals surface area contributed by atoms with Crippen molar-refractivity contribution in [2.45, 2.75) is 69.7 Å². The van der Waals surface area contributed by atoms with E-state index in [2.05, 4.69) is 21.5 Å². The molecule has 0 aliphatic carbocycles. The largest absolute Gasteiger partial charge is 0.490 e. The third-order valence-electron chi connectivity index (χ3n) is 8.12. The monoisotopic (exact) mass is 672 g/mol. The van der Waals surface area contributed by atoms with E-state index in [1.807, 2.05) is 26.1 Å². The normalized spacial score (nSPS) is 20.8. The maximum Gasteiger partial charge on any atom is 0.261 e. The standard InChI is InChI=1S/C34H45ClN4O6S/c1-24-20-39(25(2)23-40)34(41)31-19-29(37-46(42,43)30-11-8-28(35)9-12-30)10-13-32(31)45-26(3)7-5-6-18-44-33(24)22-38(4)21-27-14-16-36-17-15-27/h8-17,19,24-26,33,37,40H,5-7,18,20-23H2,1-4H3/t24-,25+,26+,33+/m1/s1. The van der Waals surface area contributed by atoms with Gasteiger partial charge in [0.15, 0.2) is 0 Å². The summed E-state index contributed by atoms with van der Waals surface area (Å²) >= 11 is 5.95. The number of amides is 1. The molecular formula is C34H45ClN4O6S. The number of fused-ring (bicyclic) bond motifs is 1. The smallest absolute Gasteiger partial charge is 0.261 e. The van der Waals surface area contributed by atoms with Gasteiger partial charge in [0.1, 0.15) is 5.75 Å². The molecule has 4 rings (SSSR count). The van der Waals surface area contributed by atoms with Crippen molar-refractivity contribution in [1.29, 1.82) is 0 Å². The summed E-state index contributed by atoms with van der Waals surface area (Å²) in [5.41, 5.74) is 1.56. The lowest BCUT2D eigenvalue weighted by atomic mass is 10.0. The zero-order valence-corrected chi connectivity index (χ0v) is 28.5. The third kappa shape index (κ3) is 9.89. The number of rotatable bonds is 9. The second kappa shape index (κ2) is 16.6. The molecule has 0 saturated heterocycles. The summed E-state index contributed by atoms with van der Waals surface area (Å²) in [5.74, 6) is -0.101. The quantitative estimate of drug-likeness (QED) is 0.307. The number of pyridine rings is 1. The Kier molecular flexibility index (Phi) is 12.8. The van der Waals surface area contributed by atoms with Crippen LogP contribution in [0.3, 0.4) is 0 Å². The van der Waals surface area contributed by atoms with Crippen molar-refractivity contribution in [3.05, 3.63) is 83.1 Å². The van der Waals surface area contributed by atoms with Crippen LogP contribution in [0.15, 0.2) is 71.9 Å². The molecule has 3 aromatic rings. The first kappa shape index (κ1) is 35.6. The van der Waals surface area contributed by atoms with Gasteiger partial charge < -0.3 is 19.5 Å². The van der Waals surface area contributed by atoms with E-state index in [4.69, 9.17) is 21.1 Å². The van der Waals surface area contributed by atoms with Crippen LogP contribution in [0.5, 0.6) is 5.75 Å². The zero-order valence-electron chi connectivity index (χ0n) is 26.9. The van der Waals surface area contributed by atoms with Gasteiger partial charge in [-0.25, -0.2) is 8.42 Å². The van der Waals surface area contributed by atoms with E-state index < -0.39 is 16.1 Å². The number of hydrogen-bond donors (Lipinski definition) is 2. The highest BCUT2D eigenvalue weighted by atomic mass is 35.5. The molecule has 12 heteroatoms. The molecule has 0 unspecified atom stereocenters. The topological polar surface area (TPSA) is 121 Å². The van der Waals surface area contributed by atoms with E-state index in [9.17, 15) is 18.3 Å². The van der Waals surface area contributed by atoms with Gasteiger partial charge in [-0.05, 0) is 100 Å². The maximum absolute atomic E-state index is 14.3. The van der Waals surface area contributed by atoms with Gasteiger partial charge in [-0.3, -0.25) is 19.4 Å². The van der Waals surface area contributed by atoms with Gasteiger partial charge in [-0.2, -0.15) is 0 Å². The van der Waals surface area contributed by atoms with Gasteiger partial charge in [0.05, 0.1) is 35.3 Å². The van der Waals surface area contributed by atoms with E-state index in [1.165, 1.54) is 30.3 Å². The predicted molar refractivity (Wildman–Crippen MR) is 180 cm³/mol. The highest BCUT2D eigenvalue weighted by molar-refractivity contribution is 7.92. The molecule has 0 spiro atoms. The molecule has 10 nitrogen and oxygen atoms in total. The van der Waals surface area contributed by atoms with E-state index in [-0.39, 0.29) is 46.8 Å². The molecule has 0 fully saturated rings. The number of sulfonamides is 1. The SMILES string of the molecule is C[C@@H]1CN([C@@H](C)CO)C(=O)c2cc(NS(=O)(=O)c3ccc(Cl)cc3)ccc2O[C@@H](C)CCCCO[C@H]1CN(C)Cc1ccncc1. The van der Waals surface area contributed by atoms with Crippen molar-refractivity contribution in [3.63, 3.8) is 0 Å². The summed E-state index contributed by atoms with van der Waals surface area (Å²) in [5, 5.41) is 10.6. The summed E-state index contributed by atoms with van der Waals surface area (Å²) in [6, 6.07) is 14.0. The van der Waals surface area contributed by atoms with Gasteiger partial charge in [0.25, 0.3) is 15.9 Å². The molecule has 250 valence electrons. The van der Waals surface area contributed by atoms with Crippen LogP contribution < -0.4 is 9.46 Å². The molecule has 0 saturated carbocycles. The van der Waals surface area contributed by atoms with Gasteiger partial charge in [0.2, 0.25) is 0 Å². The molecular weight excluding hydrogens is 628 g/mol. The summed E-state index contributed by atoms with van der Waals surface area (Å²) in [6.07, 6.45) is 5.67. The summed E-state index contributed by atoms with van der Waals surface area (Å²) < 4.78 is 41.6. The van der Waals surface area contributed by atoms with Crippen LogP contribution in [-0.2, 0) is 21.3 Å². The fourth-order valence-electron chi connectivity index (χ4n) is 5.45. The molecule has 1 amide bonds. The van der Waals surface area contributed by atoms with Crippen molar-refractivity contribution in [2.75, 3.05) is 38.1 Å². The molecule has 4 atom stereocenters. The average Bonchev–Trinajstić information content (AvgIpc) is 3.03. The lowest BCUT2D eigenvalue weighted by molar-refractivity contribution is -0.0177. The minimum absolute atomic E-state index is 0.0393. The number of carbonyl (C=O) groups is 1. The first-order valence-electron chi connectivity index (χ1n) is 15.7. The fourth-order valence-corrected chi connectivity index (χ4v) is 6.62. The third-order valence-corrected chi connectivity index (χ3v) is 9.77. The maximum atomic E-state index is 14.3. The van der Waals surface area contributed by atoms with Crippen molar-refractivity contribution in [1.82, 2.24) is 14.8 Å². The van der Waals surface area contributed by atoms with Crippen LogP contribution in [0.25, 0.3) is 0 Å². The highest BCUT2D eigenvalue weighted by Crippen LogP contribution is 2.30. The van der Waals surface area contributed by atoms with E-state index in [1.54, 1.807) is 36.4 Å². The first-order chi connectivity index (χ1) is 22.0. The minimum Gasteiger partial charge on any atom is -0.490 e. The summed E-state index contributed by atoms with van der Waals surface area (Å²) in [6.45, 7) is 7.80. The Bertz CT molecular complexity index is 1530. The summed E-state index contributed by atoms with van der Waals surface area (Å²) in [4.78, 5) is 22.3. The molecule has 1 aliphatic rings. The lowest BCUT2D eigenvalue weighted by Gasteiger charge is -2.36. The highest BCUT2D eigenvalue weighted by Gasteiger charge is 2.30. The molecule has 0 radical (unpaired) electrons. The number of aromatic nitrogens is 1. The Morgan fingerprint density at radius 1 is 1.11 bits per heavy atom. The zero-order chi connectivity index (χ0) is 33.3. The van der Waals surface area contributed by atoms with Crippen molar-refractivity contribution < 1.29 is 27.8 Å². The van der Waals surface area contributed by atoms with Crippen LogP contribution in [0, 0.1) is 5.92 Å². The van der Waals surface area contributed by atoms with Crippen LogP contribution >= 0.6 is 11.6 Å². The number of aliphatic hydroxyl groups excluding tert-OH is 1. The van der Waals surface area contributed by atoms with Crippen molar-refractivity contribution in [2.24, 2.45) is 5.92 Å². The first-order valence-corrected chi connectivity index (χ1v) is 17.5. The van der Waals surface area contributed by atoms with Crippen LogP contribution in [0.4, 0.5) is 5.69 Å². The number of nitrogens with zero attached hydrogens (tertiary/aromatic N) is 3. The number of halogens is 1. The molecule has 1 aliphatic heterocycles. The Labute approximate surface area is 277 Å². The number of hydrogen-bond acceptors (Lipinski definition) is 8. The number of likely N-dealkylation sites (N-methyl/N-ethyl adjacent to an activating group) is 1. The number of nitrogens with one attached hydrogen (secondary N) is 1. The van der Waals surface area contributed by atoms with Crippen molar-refractivity contribution in [3.8, 4) is 5.75 Å². The molecule has 0 bridgehead atoms.